The van der Waals surface area contributed by atoms with E-state index in [2.05, 4.69) is 33.5 Å². The van der Waals surface area contributed by atoms with Gasteiger partial charge in [0, 0.05) is 5.69 Å². The molecule has 2 N–H and O–H groups in total. The van der Waals surface area contributed by atoms with Gasteiger partial charge in [-0.1, -0.05) is 0 Å². The molecule has 2 aliphatic heterocycles. The fourth-order valence-electron chi connectivity index (χ4n) is 3.16. The van der Waals surface area contributed by atoms with Crippen molar-refractivity contribution in [1.82, 2.24) is 20.4 Å². The minimum atomic E-state index is 0.436. The lowest BCUT2D eigenvalue weighted by Crippen LogP contribution is -2.27. The van der Waals surface area contributed by atoms with Crippen LogP contribution in [0.25, 0.3) is 0 Å². The molecule has 3 heterocycles. The first-order valence-corrected chi connectivity index (χ1v) is 6.84. The first-order chi connectivity index (χ1) is 8.36. The van der Waals surface area contributed by atoms with Crippen LogP contribution in [-0.4, -0.2) is 29.4 Å². The van der Waals surface area contributed by atoms with Crippen molar-refractivity contribution in [3.63, 3.8) is 0 Å². The molecule has 2 aliphatic rings. The lowest BCUT2D eigenvalue weighted by molar-refractivity contribution is 0.413. The molecule has 0 saturated carbocycles. The summed E-state index contributed by atoms with van der Waals surface area (Å²) in [4.78, 5) is 0. The molecular formula is C13H22N4. The molecule has 0 amide bonds. The van der Waals surface area contributed by atoms with Crippen molar-refractivity contribution in [2.24, 2.45) is 0 Å². The van der Waals surface area contributed by atoms with E-state index in [-0.39, 0.29) is 0 Å². The summed E-state index contributed by atoms with van der Waals surface area (Å²) in [7, 11) is 0. The highest BCUT2D eigenvalue weighted by molar-refractivity contribution is 5.22. The van der Waals surface area contributed by atoms with Crippen LogP contribution in [0.4, 0.5) is 0 Å². The van der Waals surface area contributed by atoms with Crippen LogP contribution < -0.4 is 10.6 Å². The van der Waals surface area contributed by atoms with Crippen LogP contribution in [0.15, 0.2) is 6.20 Å². The monoisotopic (exact) mass is 234 g/mol. The maximum absolute atomic E-state index is 4.61. The van der Waals surface area contributed by atoms with Gasteiger partial charge in [-0.2, -0.15) is 5.10 Å². The van der Waals surface area contributed by atoms with E-state index in [9.17, 15) is 0 Å². The van der Waals surface area contributed by atoms with Gasteiger partial charge < -0.3 is 5.32 Å². The summed E-state index contributed by atoms with van der Waals surface area (Å²) in [6.45, 7) is 5.66. The molecule has 94 valence electrons. The maximum Gasteiger partial charge on any atom is 0.102 e. The van der Waals surface area contributed by atoms with Crippen LogP contribution in [0.2, 0.25) is 0 Å². The van der Waals surface area contributed by atoms with Gasteiger partial charge in [0.1, 0.15) is 6.17 Å². The summed E-state index contributed by atoms with van der Waals surface area (Å²) in [5, 5.41) is 11.6. The Morgan fingerprint density at radius 1 is 1.24 bits per heavy atom. The summed E-state index contributed by atoms with van der Waals surface area (Å²) < 4.78 is 2.20. The van der Waals surface area contributed by atoms with Gasteiger partial charge in [0.25, 0.3) is 0 Å². The van der Waals surface area contributed by atoms with E-state index in [1.165, 1.54) is 36.9 Å². The van der Waals surface area contributed by atoms with Gasteiger partial charge in [0.05, 0.1) is 6.20 Å². The standard InChI is InChI=1S/C13H22N4/c1-10-12(11-4-7-14-8-5-11)9-16-17(10)13-3-2-6-15-13/h9,11,13-15H,2-8H2,1H3. The molecule has 1 atom stereocenters. The lowest BCUT2D eigenvalue weighted by Gasteiger charge is -2.23. The second-order valence-corrected chi connectivity index (χ2v) is 5.27. The highest BCUT2D eigenvalue weighted by Gasteiger charge is 2.23. The first kappa shape index (κ1) is 11.2. The number of hydrogen-bond acceptors (Lipinski definition) is 3. The van der Waals surface area contributed by atoms with Crippen LogP contribution in [0.5, 0.6) is 0 Å². The predicted octanol–water partition coefficient (Wildman–Crippen LogP) is 1.54. The normalized spacial score (nSPS) is 26.5. The van der Waals surface area contributed by atoms with Crippen LogP contribution in [0, 0.1) is 6.92 Å². The Morgan fingerprint density at radius 2 is 2.06 bits per heavy atom. The quantitative estimate of drug-likeness (QED) is 0.815. The average molecular weight is 234 g/mol. The van der Waals surface area contributed by atoms with Gasteiger partial charge in [-0.25, -0.2) is 0 Å². The number of piperidine rings is 1. The SMILES string of the molecule is Cc1c(C2CCNCC2)cnn1C1CCCN1. The van der Waals surface area contributed by atoms with Crippen LogP contribution in [0.1, 0.15) is 49.0 Å². The first-order valence-electron chi connectivity index (χ1n) is 6.84. The third-order valence-electron chi connectivity index (χ3n) is 4.19. The van der Waals surface area contributed by atoms with E-state index in [1.807, 2.05) is 0 Å². The number of hydrogen-bond donors (Lipinski definition) is 2. The number of rotatable bonds is 2. The van der Waals surface area contributed by atoms with E-state index >= 15 is 0 Å². The molecule has 2 fully saturated rings. The van der Waals surface area contributed by atoms with Gasteiger partial charge in [0.15, 0.2) is 0 Å². The minimum Gasteiger partial charge on any atom is -0.317 e. The van der Waals surface area contributed by atoms with Crippen LogP contribution in [0.3, 0.4) is 0 Å². The Labute approximate surface area is 103 Å². The molecule has 0 aromatic carbocycles. The fraction of sp³-hybridized carbons (Fsp3) is 0.769. The summed E-state index contributed by atoms with van der Waals surface area (Å²) >= 11 is 0. The Bertz CT molecular complexity index is 373. The van der Waals surface area contributed by atoms with E-state index in [0.29, 0.717) is 12.1 Å². The second-order valence-electron chi connectivity index (χ2n) is 5.27. The number of nitrogens with one attached hydrogen (secondary N) is 2. The molecule has 1 aromatic heterocycles. The summed E-state index contributed by atoms with van der Waals surface area (Å²) in [5.41, 5.74) is 2.84. The van der Waals surface area contributed by atoms with E-state index in [1.54, 1.807) is 0 Å². The third kappa shape index (κ3) is 2.11. The summed E-state index contributed by atoms with van der Waals surface area (Å²) in [6.07, 6.45) is 7.53. The highest BCUT2D eigenvalue weighted by atomic mass is 15.4. The largest absolute Gasteiger partial charge is 0.317 e. The molecule has 0 aliphatic carbocycles. The van der Waals surface area contributed by atoms with Gasteiger partial charge in [-0.15, -0.1) is 0 Å². The summed E-state index contributed by atoms with van der Waals surface area (Å²) in [5.74, 6) is 0.714. The van der Waals surface area contributed by atoms with Crippen molar-refractivity contribution < 1.29 is 0 Å². The Kier molecular flexibility index (Phi) is 3.16. The maximum atomic E-state index is 4.61. The summed E-state index contributed by atoms with van der Waals surface area (Å²) in [6, 6.07) is 0. The fourth-order valence-corrected chi connectivity index (χ4v) is 3.16. The van der Waals surface area contributed by atoms with Crippen molar-refractivity contribution in [1.29, 1.82) is 0 Å². The highest BCUT2D eigenvalue weighted by Crippen LogP contribution is 2.29. The molecule has 1 aromatic rings. The second kappa shape index (κ2) is 4.78. The predicted molar refractivity (Wildman–Crippen MR) is 68.1 cm³/mol. The van der Waals surface area contributed by atoms with Gasteiger partial charge in [0.2, 0.25) is 0 Å². The van der Waals surface area contributed by atoms with E-state index < -0.39 is 0 Å². The Morgan fingerprint density at radius 3 is 2.76 bits per heavy atom. The average Bonchev–Trinajstić information content (AvgIpc) is 2.99. The van der Waals surface area contributed by atoms with Crippen molar-refractivity contribution in [2.45, 2.75) is 44.7 Å². The third-order valence-corrected chi connectivity index (χ3v) is 4.19. The van der Waals surface area contributed by atoms with Crippen LogP contribution in [-0.2, 0) is 0 Å². The van der Waals surface area contributed by atoms with Crippen LogP contribution >= 0.6 is 0 Å². The molecule has 0 radical (unpaired) electrons. The van der Waals surface area contributed by atoms with E-state index in [4.69, 9.17) is 0 Å². The molecular weight excluding hydrogens is 212 g/mol. The number of nitrogens with zero attached hydrogens (tertiary/aromatic N) is 2. The lowest BCUT2D eigenvalue weighted by atomic mass is 9.91. The molecule has 17 heavy (non-hydrogen) atoms. The molecule has 3 rings (SSSR count). The van der Waals surface area contributed by atoms with Crippen molar-refractivity contribution in [3.8, 4) is 0 Å². The molecule has 4 heteroatoms. The van der Waals surface area contributed by atoms with Crippen molar-refractivity contribution in [3.05, 3.63) is 17.5 Å². The Hall–Kier alpha value is -0.870. The molecule has 0 bridgehead atoms. The zero-order chi connectivity index (χ0) is 11.7. The molecule has 1 unspecified atom stereocenters. The molecule has 0 spiro atoms. The zero-order valence-electron chi connectivity index (χ0n) is 10.6. The number of aromatic nitrogens is 2. The van der Waals surface area contributed by atoms with E-state index in [0.717, 1.165) is 19.6 Å². The van der Waals surface area contributed by atoms with Crippen molar-refractivity contribution in [2.75, 3.05) is 19.6 Å². The molecule has 4 nitrogen and oxygen atoms in total. The smallest absolute Gasteiger partial charge is 0.102 e. The zero-order valence-corrected chi connectivity index (χ0v) is 10.6. The van der Waals surface area contributed by atoms with Gasteiger partial charge >= 0.3 is 0 Å². The topological polar surface area (TPSA) is 41.9 Å². The van der Waals surface area contributed by atoms with Gasteiger partial charge in [-0.05, 0) is 63.7 Å². The van der Waals surface area contributed by atoms with Gasteiger partial charge in [-0.3, -0.25) is 10.00 Å². The van der Waals surface area contributed by atoms with Crippen molar-refractivity contribution >= 4 is 0 Å². The minimum absolute atomic E-state index is 0.436. The Balaban J connectivity index is 1.80. The molecule has 2 saturated heterocycles.